The highest BCUT2D eigenvalue weighted by Crippen LogP contribution is 2.13. The third-order valence-electron chi connectivity index (χ3n) is 3.90. The van der Waals surface area contributed by atoms with E-state index in [1.54, 1.807) is 24.9 Å². The standard InChI is InChI=1S/C19H24FN3O/c1-14-5-6-16(11-18(14)20)12-21-19(24)23(4)13-15-7-9-17(10-8-15)22(2)3/h5-11H,12-13H2,1-4H3,(H,21,24). The number of carbonyl (C=O) groups is 1. The highest BCUT2D eigenvalue weighted by atomic mass is 19.1. The summed E-state index contributed by atoms with van der Waals surface area (Å²) < 4.78 is 13.5. The number of anilines is 1. The van der Waals surface area contributed by atoms with Crippen molar-refractivity contribution in [1.82, 2.24) is 10.2 Å². The first-order valence-corrected chi connectivity index (χ1v) is 7.87. The van der Waals surface area contributed by atoms with Crippen LogP contribution >= 0.6 is 0 Å². The second kappa shape index (κ2) is 7.81. The minimum absolute atomic E-state index is 0.187. The maximum Gasteiger partial charge on any atom is 0.317 e. The maximum absolute atomic E-state index is 13.5. The monoisotopic (exact) mass is 329 g/mol. The molecule has 2 rings (SSSR count). The molecule has 24 heavy (non-hydrogen) atoms. The quantitative estimate of drug-likeness (QED) is 0.911. The van der Waals surface area contributed by atoms with E-state index >= 15 is 0 Å². The van der Waals surface area contributed by atoms with Crippen molar-refractivity contribution in [3.8, 4) is 0 Å². The number of hydrogen-bond acceptors (Lipinski definition) is 2. The molecule has 0 radical (unpaired) electrons. The van der Waals surface area contributed by atoms with Gasteiger partial charge >= 0.3 is 6.03 Å². The van der Waals surface area contributed by atoms with Gasteiger partial charge in [-0.25, -0.2) is 9.18 Å². The van der Waals surface area contributed by atoms with Gasteiger partial charge in [0.25, 0.3) is 0 Å². The highest BCUT2D eigenvalue weighted by molar-refractivity contribution is 5.73. The van der Waals surface area contributed by atoms with Crippen LogP contribution in [0.15, 0.2) is 42.5 Å². The molecule has 5 heteroatoms. The van der Waals surface area contributed by atoms with Gasteiger partial charge in [-0.15, -0.1) is 0 Å². The first kappa shape index (κ1) is 17.8. The molecule has 0 aliphatic heterocycles. The van der Waals surface area contributed by atoms with Crippen molar-refractivity contribution in [3.05, 3.63) is 65.0 Å². The number of carbonyl (C=O) groups excluding carboxylic acids is 1. The lowest BCUT2D eigenvalue weighted by Gasteiger charge is -2.19. The minimum Gasteiger partial charge on any atom is -0.378 e. The Labute approximate surface area is 142 Å². The molecule has 0 heterocycles. The van der Waals surface area contributed by atoms with Crippen LogP contribution in [0.5, 0.6) is 0 Å². The van der Waals surface area contributed by atoms with Crippen LogP contribution < -0.4 is 10.2 Å². The van der Waals surface area contributed by atoms with Crippen molar-refractivity contribution in [1.29, 1.82) is 0 Å². The fourth-order valence-corrected chi connectivity index (χ4v) is 2.30. The number of nitrogens with one attached hydrogen (secondary N) is 1. The Hall–Kier alpha value is -2.56. The lowest BCUT2D eigenvalue weighted by molar-refractivity contribution is 0.206. The summed E-state index contributed by atoms with van der Waals surface area (Å²) in [5.74, 6) is -0.254. The first-order valence-electron chi connectivity index (χ1n) is 7.87. The van der Waals surface area contributed by atoms with Crippen molar-refractivity contribution in [3.63, 3.8) is 0 Å². The van der Waals surface area contributed by atoms with E-state index in [-0.39, 0.29) is 11.8 Å². The van der Waals surface area contributed by atoms with Crippen LogP contribution in [0.4, 0.5) is 14.9 Å². The summed E-state index contributed by atoms with van der Waals surface area (Å²) >= 11 is 0. The topological polar surface area (TPSA) is 35.6 Å². The smallest absolute Gasteiger partial charge is 0.317 e. The molecule has 0 unspecified atom stereocenters. The molecule has 0 aliphatic carbocycles. The number of rotatable bonds is 5. The molecule has 0 bridgehead atoms. The van der Waals surface area contributed by atoms with Crippen LogP contribution in [-0.4, -0.2) is 32.1 Å². The van der Waals surface area contributed by atoms with E-state index in [4.69, 9.17) is 0 Å². The van der Waals surface area contributed by atoms with Crippen LogP contribution in [0.3, 0.4) is 0 Å². The summed E-state index contributed by atoms with van der Waals surface area (Å²) in [6, 6.07) is 12.9. The molecule has 0 atom stereocenters. The Balaban J connectivity index is 1.88. The second-order valence-corrected chi connectivity index (χ2v) is 6.16. The molecular weight excluding hydrogens is 305 g/mol. The molecule has 1 N–H and O–H groups in total. The zero-order valence-corrected chi connectivity index (χ0v) is 14.6. The van der Waals surface area contributed by atoms with Crippen LogP contribution in [-0.2, 0) is 13.1 Å². The molecule has 0 spiro atoms. The van der Waals surface area contributed by atoms with Gasteiger partial charge in [0.15, 0.2) is 0 Å². The van der Waals surface area contributed by atoms with E-state index in [0.717, 1.165) is 16.8 Å². The molecule has 2 aromatic carbocycles. The van der Waals surface area contributed by atoms with Crippen LogP contribution in [0, 0.1) is 12.7 Å². The Bertz CT molecular complexity index is 698. The van der Waals surface area contributed by atoms with Gasteiger partial charge in [0.1, 0.15) is 5.82 Å². The van der Waals surface area contributed by atoms with Crippen LogP contribution in [0.25, 0.3) is 0 Å². The SMILES string of the molecule is Cc1ccc(CNC(=O)N(C)Cc2ccc(N(C)C)cc2)cc1F. The summed E-state index contributed by atoms with van der Waals surface area (Å²) in [6.45, 7) is 2.54. The van der Waals surface area contributed by atoms with Gasteiger partial charge in [0, 0.05) is 39.9 Å². The van der Waals surface area contributed by atoms with E-state index in [2.05, 4.69) is 5.32 Å². The van der Waals surface area contributed by atoms with Crippen molar-refractivity contribution >= 4 is 11.7 Å². The molecular formula is C19H24FN3O. The van der Waals surface area contributed by atoms with E-state index in [1.807, 2.05) is 49.3 Å². The van der Waals surface area contributed by atoms with E-state index in [0.29, 0.717) is 18.7 Å². The predicted octanol–water partition coefficient (Wildman–Crippen LogP) is 3.54. The Kier molecular flexibility index (Phi) is 5.79. The van der Waals surface area contributed by atoms with Gasteiger partial charge in [0.05, 0.1) is 0 Å². The second-order valence-electron chi connectivity index (χ2n) is 6.16. The minimum atomic E-state index is -0.254. The summed E-state index contributed by atoms with van der Waals surface area (Å²) in [4.78, 5) is 15.8. The number of nitrogens with zero attached hydrogens (tertiary/aromatic N) is 2. The average molecular weight is 329 g/mol. The molecule has 2 amide bonds. The van der Waals surface area contributed by atoms with E-state index in [9.17, 15) is 9.18 Å². The zero-order valence-electron chi connectivity index (χ0n) is 14.6. The van der Waals surface area contributed by atoms with E-state index in [1.165, 1.54) is 6.07 Å². The fourth-order valence-electron chi connectivity index (χ4n) is 2.30. The molecule has 4 nitrogen and oxygen atoms in total. The summed E-state index contributed by atoms with van der Waals surface area (Å²) in [5.41, 5.74) is 3.52. The van der Waals surface area contributed by atoms with Crippen LogP contribution in [0.1, 0.15) is 16.7 Å². The van der Waals surface area contributed by atoms with Gasteiger partial charge in [0.2, 0.25) is 0 Å². The molecule has 0 saturated carbocycles. The number of halogens is 1. The Morgan fingerprint density at radius 2 is 1.67 bits per heavy atom. The van der Waals surface area contributed by atoms with Crippen molar-refractivity contribution in [2.75, 3.05) is 26.0 Å². The average Bonchev–Trinajstić information content (AvgIpc) is 2.56. The molecule has 0 aromatic heterocycles. The molecule has 128 valence electrons. The van der Waals surface area contributed by atoms with Crippen LogP contribution in [0.2, 0.25) is 0 Å². The molecule has 0 fully saturated rings. The molecule has 0 saturated heterocycles. The van der Waals surface area contributed by atoms with Gasteiger partial charge in [-0.2, -0.15) is 0 Å². The summed E-state index contributed by atoms with van der Waals surface area (Å²) in [5, 5.41) is 2.81. The third kappa shape index (κ3) is 4.72. The highest BCUT2D eigenvalue weighted by Gasteiger charge is 2.09. The zero-order chi connectivity index (χ0) is 17.7. The normalized spacial score (nSPS) is 10.4. The number of amides is 2. The lowest BCUT2D eigenvalue weighted by Crippen LogP contribution is -2.36. The maximum atomic E-state index is 13.5. The van der Waals surface area contributed by atoms with Gasteiger partial charge in [-0.3, -0.25) is 0 Å². The lowest BCUT2D eigenvalue weighted by atomic mass is 10.1. The van der Waals surface area contributed by atoms with Gasteiger partial charge < -0.3 is 15.1 Å². The van der Waals surface area contributed by atoms with Crippen molar-refractivity contribution < 1.29 is 9.18 Å². The van der Waals surface area contributed by atoms with Gasteiger partial charge in [-0.1, -0.05) is 24.3 Å². The first-order chi connectivity index (χ1) is 11.4. The number of aryl methyl sites for hydroxylation is 1. The molecule has 0 aliphatic rings. The Morgan fingerprint density at radius 3 is 2.25 bits per heavy atom. The number of benzene rings is 2. The Morgan fingerprint density at radius 1 is 1.04 bits per heavy atom. The molecule has 2 aromatic rings. The van der Waals surface area contributed by atoms with Crippen molar-refractivity contribution in [2.24, 2.45) is 0 Å². The summed E-state index contributed by atoms with van der Waals surface area (Å²) in [6.07, 6.45) is 0. The van der Waals surface area contributed by atoms with E-state index < -0.39 is 0 Å². The number of urea groups is 1. The van der Waals surface area contributed by atoms with Gasteiger partial charge in [-0.05, 0) is 41.8 Å². The van der Waals surface area contributed by atoms with Crippen molar-refractivity contribution in [2.45, 2.75) is 20.0 Å². The fraction of sp³-hybridized carbons (Fsp3) is 0.316. The predicted molar refractivity (Wildman–Crippen MR) is 95.6 cm³/mol. The largest absolute Gasteiger partial charge is 0.378 e. The summed E-state index contributed by atoms with van der Waals surface area (Å²) in [7, 11) is 5.72. The number of hydrogen-bond donors (Lipinski definition) is 1. The third-order valence-corrected chi connectivity index (χ3v) is 3.90.